The Balaban J connectivity index is 1.33. The molecule has 3 aliphatic rings. The fourth-order valence-electron chi connectivity index (χ4n) is 4.76. The van der Waals surface area contributed by atoms with Gasteiger partial charge in [-0.25, -0.2) is 0 Å². The molecule has 4 rings (SSSR count). The van der Waals surface area contributed by atoms with E-state index in [4.69, 9.17) is 0 Å². The van der Waals surface area contributed by atoms with Crippen molar-refractivity contribution in [2.75, 3.05) is 39.3 Å². The summed E-state index contributed by atoms with van der Waals surface area (Å²) in [4.78, 5) is 17.5. The zero-order chi connectivity index (χ0) is 17.1. The molecule has 0 radical (unpaired) electrons. The fourth-order valence-corrected chi connectivity index (χ4v) is 4.76. The molecule has 0 spiro atoms. The number of benzene rings is 1. The first-order valence-electron chi connectivity index (χ1n) is 10.2. The second-order valence-corrected chi connectivity index (χ2v) is 7.93. The van der Waals surface area contributed by atoms with Gasteiger partial charge in [0.1, 0.15) is 0 Å². The van der Waals surface area contributed by atoms with E-state index in [1.165, 1.54) is 44.3 Å². The van der Waals surface area contributed by atoms with E-state index in [-0.39, 0.29) is 5.91 Å². The van der Waals surface area contributed by atoms with E-state index >= 15 is 0 Å². The number of rotatable bonds is 3. The molecular formula is C21H31N3O. The van der Waals surface area contributed by atoms with E-state index in [0.717, 1.165) is 44.6 Å². The molecule has 0 aliphatic carbocycles. The third-order valence-corrected chi connectivity index (χ3v) is 6.33. The van der Waals surface area contributed by atoms with Gasteiger partial charge in [0.15, 0.2) is 0 Å². The van der Waals surface area contributed by atoms with Crippen molar-refractivity contribution in [1.82, 2.24) is 15.1 Å². The van der Waals surface area contributed by atoms with Crippen LogP contribution in [0.2, 0.25) is 0 Å². The lowest BCUT2D eigenvalue weighted by Crippen LogP contribution is -2.45. The monoisotopic (exact) mass is 341 g/mol. The van der Waals surface area contributed by atoms with Crippen LogP contribution in [0.1, 0.15) is 60.4 Å². The molecule has 1 amide bonds. The van der Waals surface area contributed by atoms with Gasteiger partial charge in [0, 0.05) is 31.2 Å². The lowest BCUT2D eigenvalue weighted by molar-refractivity contribution is 0.0644. The van der Waals surface area contributed by atoms with Crippen LogP contribution in [0.25, 0.3) is 0 Å². The first kappa shape index (κ1) is 17.0. The summed E-state index contributed by atoms with van der Waals surface area (Å²) in [6.07, 6.45) is 7.47. The van der Waals surface area contributed by atoms with Crippen LogP contribution >= 0.6 is 0 Å². The number of hydrogen-bond acceptors (Lipinski definition) is 3. The van der Waals surface area contributed by atoms with Crippen LogP contribution < -0.4 is 5.32 Å². The molecule has 136 valence electrons. The zero-order valence-corrected chi connectivity index (χ0v) is 15.3. The number of nitrogens with one attached hydrogen (secondary N) is 1. The SMILES string of the molecule is O=C(c1ccc(C2CCCNC2)cc1)N1CCC(N2CCCC2)CC1. The Labute approximate surface area is 151 Å². The predicted molar refractivity (Wildman–Crippen MR) is 101 cm³/mol. The van der Waals surface area contributed by atoms with E-state index in [2.05, 4.69) is 27.2 Å². The zero-order valence-electron chi connectivity index (χ0n) is 15.3. The summed E-state index contributed by atoms with van der Waals surface area (Å²) in [7, 11) is 0. The third-order valence-electron chi connectivity index (χ3n) is 6.33. The standard InChI is InChI=1S/C21H31N3O/c25-21(24-14-9-20(10-15-24)23-12-1-2-13-23)18-7-5-17(6-8-18)19-4-3-11-22-16-19/h5-8,19-20,22H,1-4,9-16H2. The van der Waals surface area contributed by atoms with Crippen LogP contribution in [0.5, 0.6) is 0 Å². The molecule has 25 heavy (non-hydrogen) atoms. The molecule has 1 aromatic carbocycles. The molecule has 1 atom stereocenters. The second-order valence-electron chi connectivity index (χ2n) is 7.93. The summed E-state index contributed by atoms with van der Waals surface area (Å²) in [5.41, 5.74) is 2.23. The molecule has 0 bridgehead atoms. The van der Waals surface area contributed by atoms with Gasteiger partial charge < -0.3 is 15.1 Å². The Morgan fingerprint density at radius 1 is 0.920 bits per heavy atom. The molecule has 0 saturated carbocycles. The number of piperidine rings is 2. The topological polar surface area (TPSA) is 35.6 Å². The fraction of sp³-hybridized carbons (Fsp3) is 0.667. The highest BCUT2D eigenvalue weighted by molar-refractivity contribution is 5.94. The summed E-state index contributed by atoms with van der Waals surface area (Å²) < 4.78 is 0. The van der Waals surface area contributed by atoms with Crippen LogP contribution in [-0.2, 0) is 0 Å². The minimum atomic E-state index is 0.216. The van der Waals surface area contributed by atoms with Crippen molar-refractivity contribution in [3.05, 3.63) is 35.4 Å². The number of nitrogens with zero attached hydrogens (tertiary/aromatic N) is 2. The third kappa shape index (κ3) is 3.90. The van der Waals surface area contributed by atoms with Gasteiger partial charge in [-0.3, -0.25) is 4.79 Å². The maximum atomic E-state index is 12.8. The summed E-state index contributed by atoms with van der Waals surface area (Å²) in [5.74, 6) is 0.822. The van der Waals surface area contributed by atoms with Gasteiger partial charge in [-0.2, -0.15) is 0 Å². The molecular weight excluding hydrogens is 310 g/mol. The minimum Gasteiger partial charge on any atom is -0.339 e. The lowest BCUT2D eigenvalue weighted by atomic mass is 9.91. The molecule has 3 aliphatic heterocycles. The molecule has 3 saturated heterocycles. The maximum Gasteiger partial charge on any atom is 0.253 e. The Bertz CT molecular complexity index is 565. The summed E-state index contributed by atoms with van der Waals surface area (Å²) >= 11 is 0. The second kappa shape index (κ2) is 7.88. The van der Waals surface area contributed by atoms with Crippen molar-refractivity contribution in [1.29, 1.82) is 0 Å². The van der Waals surface area contributed by atoms with Crippen LogP contribution in [0.3, 0.4) is 0 Å². The molecule has 0 aromatic heterocycles. The molecule has 1 N–H and O–H groups in total. The molecule has 1 unspecified atom stereocenters. The smallest absolute Gasteiger partial charge is 0.253 e. The Morgan fingerprint density at radius 3 is 2.28 bits per heavy atom. The first-order chi connectivity index (χ1) is 12.3. The van der Waals surface area contributed by atoms with Gasteiger partial charge in [0.05, 0.1) is 0 Å². The largest absolute Gasteiger partial charge is 0.339 e. The number of amides is 1. The maximum absolute atomic E-state index is 12.8. The van der Waals surface area contributed by atoms with Crippen LogP contribution in [0.15, 0.2) is 24.3 Å². The normalized spacial score (nSPS) is 26.1. The molecule has 4 nitrogen and oxygen atoms in total. The first-order valence-corrected chi connectivity index (χ1v) is 10.2. The van der Waals surface area contributed by atoms with Crippen LogP contribution in [0.4, 0.5) is 0 Å². The van der Waals surface area contributed by atoms with E-state index in [1.54, 1.807) is 0 Å². The summed E-state index contributed by atoms with van der Waals surface area (Å²) in [5, 5.41) is 3.47. The number of hydrogen-bond donors (Lipinski definition) is 1. The van der Waals surface area contributed by atoms with Crippen molar-refractivity contribution in [3.8, 4) is 0 Å². The van der Waals surface area contributed by atoms with Crippen molar-refractivity contribution in [2.45, 2.75) is 50.5 Å². The molecule has 3 heterocycles. The molecule has 1 aromatic rings. The van der Waals surface area contributed by atoms with Crippen molar-refractivity contribution < 1.29 is 4.79 Å². The van der Waals surface area contributed by atoms with Crippen LogP contribution in [-0.4, -0.2) is 61.0 Å². The number of carbonyl (C=O) groups excluding carboxylic acids is 1. The van der Waals surface area contributed by atoms with Gasteiger partial charge in [0.25, 0.3) is 5.91 Å². The van der Waals surface area contributed by atoms with Gasteiger partial charge in [-0.15, -0.1) is 0 Å². The number of carbonyl (C=O) groups is 1. The minimum absolute atomic E-state index is 0.216. The van der Waals surface area contributed by atoms with Crippen LogP contribution in [0, 0.1) is 0 Å². The highest BCUT2D eigenvalue weighted by atomic mass is 16.2. The van der Waals surface area contributed by atoms with Gasteiger partial charge in [-0.1, -0.05) is 12.1 Å². The molecule has 3 fully saturated rings. The Kier molecular flexibility index (Phi) is 5.37. The van der Waals surface area contributed by atoms with Gasteiger partial charge in [-0.05, 0) is 81.8 Å². The Morgan fingerprint density at radius 2 is 1.64 bits per heavy atom. The van der Waals surface area contributed by atoms with E-state index in [9.17, 15) is 4.79 Å². The van der Waals surface area contributed by atoms with E-state index in [1.807, 2.05) is 12.1 Å². The van der Waals surface area contributed by atoms with Crippen molar-refractivity contribution in [2.24, 2.45) is 0 Å². The van der Waals surface area contributed by atoms with Gasteiger partial charge in [0.2, 0.25) is 0 Å². The average Bonchev–Trinajstić information content (AvgIpc) is 3.23. The lowest BCUT2D eigenvalue weighted by Gasteiger charge is -2.36. The summed E-state index contributed by atoms with van der Waals surface area (Å²) in [6, 6.07) is 9.12. The predicted octanol–water partition coefficient (Wildman–Crippen LogP) is 2.85. The van der Waals surface area contributed by atoms with Gasteiger partial charge >= 0.3 is 0 Å². The Hall–Kier alpha value is -1.39. The van der Waals surface area contributed by atoms with Crippen molar-refractivity contribution >= 4 is 5.91 Å². The highest BCUT2D eigenvalue weighted by Crippen LogP contribution is 2.25. The summed E-state index contributed by atoms with van der Waals surface area (Å²) in [6.45, 7) is 6.55. The quantitative estimate of drug-likeness (QED) is 0.918. The van der Waals surface area contributed by atoms with E-state index in [0.29, 0.717) is 12.0 Å². The number of likely N-dealkylation sites (tertiary alicyclic amines) is 2. The molecule has 4 heteroatoms. The van der Waals surface area contributed by atoms with Crippen molar-refractivity contribution in [3.63, 3.8) is 0 Å². The highest BCUT2D eigenvalue weighted by Gasteiger charge is 2.28. The van der Waals surface area contributed by atoms with E-state index < -0.39 is 0 Å². The average molecular weight is 341 g/mol.